The molecule has 1 aromatic rings. The summed E-state index contributed by atoms with van der Waals surface area (Å²) in [6.07, 6.45) is 4.52. The van der Waals surface area contributed by atoms with Crippen molar-refractivity contribution in [3.05, 3.63) is 28.3 Å². The highest BCUT2D eigenvalue weighted by atomic mass is 16.6. The average molecular weight is 265 g/mol. The van der Waals surface area contributed by atoms with Crippen molar-refractivity contribution in [1.82, 2.24) is 0 Å². The maximum atomic E-state index is 11.0. The van der Waals surface area contributed by atoms with Crippen LogP contribution in [0.2, 0.25) is 0 Å². The van der Waals surface area contributed by atoms with Gasteiger partial charge in [-0.2, -0.15) is 0 Å². The van der Waals surface area contributed by atoms with E-state index in [9.17, 15) is 10.1 Å². The Balaban J connectivity index is 1.92. The molecule has 0 bridgehead atoms. The van der Waals surface area contributed by atoms with E-state index in [2.05, 4.69) is 5.32 Å². The van der Waals surface area contributed by atoms with Crippen LogP contribution in [-0.4, -0.2) is 24.2 Å². The highest BCUT2D eigenvalue weighted by molar-refractivity contribution is 5.74. The minimum atomic E-state index is -0.450. The molecule has 0 aromatic heterocycles. The normalized spacial score (nSPS) is 19.1. The van der Waals surface area contributed by atoms with Crippen LogP contribution in [-0.2, 0) is 4.74 Å². The van der Waals surface area contributed by atoms with Gasteiger partial charge in [0.15, 0.2) is 0 Å². The lowest BCUT2D eigenvalue weighted by Gasteiger charge is -2.22. The summed E-state index contributed by atoms with van der Waals surface area (Å²) in [5.41, 5.74) is 6.24. The fraction of sp³-hybridized carbons (Fsp3) is 0.538. The summed E-state index contributed by atoms with van der Waals surface area (Å²) in [7, 11) is 0. The zero-order valence-electron chi connectivity index (χ0n) is 10.8. The first-order chi connectivity index (χ1) is 9.18. The number of nitrogens with one attached hydrogen (secondary N) is 1. The number of nitrogens with zero attached hydrogens (tertiary/aromatic N) is 1. The Labute approximate surface area is 112 Å². The summed E-state index contributed by atoms with van der Waals surface area (Å²) in [4.78, 5) is 10.5. The molecule has 1 aromatic carbocycles. The molecule has 1 aliphatic heterocycles. The van der Waals surface area contributed by atoms with Gasteiger partial charge >= 0.3 is 5.69 Å². The van der Waals surface area contributed by atoms with Crippen LogP contribution in [0.25, 0.3) is 0 Å². The summed E-state index contributed by atoms with van der Waals surface area (Å²) in [6.45, 7) is 1.47. The van der Waals surface area contributed by atoms with Gasteiger partial charge in [0, 0.05) is 13.2 Å². The van der Waals surface area contributed by atoms with Crippen LogP contribution in [0.3, 0.4) is 0 Å². The number of para-hydroxylation sites is 1. The van der Waals surface area contributed by atoms with Crippen molar-refractivity contribution in [2.75, 3.05) is 24.2 Å². The number of hydrogen-bond donors (Lipinski definition) is 2. The van der Waals surface area contributed by atoms with E-state index in [0.717, 1.165) is 25.9 Å². The van der Waals surface area contributed by atoms with Crippen LogP contribution >= 0.6 is 0 Å². The molecule has 19 heavy (non-hydrogen) atoms. The molecule has 1 saturated heterocycles. The van der Waals surface area contributed by atoms with Gasteiger partial charge in [-0.3, -0.25) is 10.1 Å². The van der Waals surface area contributed by atoms with Crippen LogP contribution in [0.1, 0.15) is 25.7 Å². The largest absolute Gasteiger partial charge is 0.393 e. The monoisotopic (exact) mass is 265 g/mol. The Hall–Kier alpha value is -1.82. The minimum absolute atomic E-state index is 0.0490. The molecule has 2 rings (SSSR count). The van der Waals surface area contributed by atoms with Crippen LogP contribution in [0, 0.1) is 10.1 Å². The van der Waals surface area contributed by atoms with Crippen molar-refractivity contribution in [3.63, 3.8) is 0 Å². The highest BCUT2D eigenvalue weighted by Gasteiger charge is 2.18. The Morgan fingerprint density at radius 1 is 1.47 bits per heavy atom. The van der Waals surface area contributed by atoms with Crippen LogP contribution in [0.15, 0.2) is 18.2 Å². The maximum Gasteiger partial charge on any atom is 0.314 e. The number of hydrogen-bond acceptors (Lipinski definition) is 5. The Morgan fingerprint density at radius 2 is 2.32 bits per heavy atom. The number of rotatable bonds is 5. The predicted molar refractivity (Wildman–Crippen MR) is 74.2 cm³/mol. The van der Waals surface area contributed by atoms with Gasteiger partial charge < -0.3 is 15.8 Å². The standard InChI is InChI=1S/C13H19N3O3/c14-11-5-3-6-12(13(11)16(17)18)15-8-7-10-4-1-2-9-19-10/h3,5-6,10,15H,1-2,4,7-9,14H2. The second-order valence-corrected chi connectivity index (χ2v) is 4.70. The van der Waals surface area contributed by atoms with E-state index in [4.69, 9.17) is 10.5 Å². The lowest BCUT2D eigenvalue weighted by atomic mass is 10.1. The highest BCUT2D eigenvalue weighted by Crippen LogP contribution is 2.30. The van der Waals surface area contributed by atoms with E-state index in [-0.39, 0.29) is 17.5 Å². The van der Waals surface area contributed by atoms with Gasteiger partial charge in [-0.05, 0) is 37.8 Å². The topological polar surface area (TPSA) is 90.4 Å². The SMILES string of the molecule is Nc1cccc(NCCC2CCCCO2)c1[N+](=O)[O-]. The van der Waals surface area contributed by atoms with E-state index in [1.54, 1.807) is 12.1 Å². The zero-order valence-corrected chi connectivity index (χ0v) is 10.8. The van der Waals surface area contributed by atoms with Crippen molar-refractivity contribution in [1.29, 1.82) is 0 Å². The van der Waals surface area contributed by atoms with Crippen molar-refractivity contribution in [3.8, 4) is 0 Å². The predicted octanol–water partition coefficient (Wildman–Crippen LogP) is 2.55. The summed E-state index contributed by atoms with van der Waals surface area (Å²) >= 11 is 0. The molecular formula is C13H19N3O3. The molecule has 0 amide bonds. The van der Waals surface area contributed by atoms with Crippen LogP contribution in [0.5, 0.6) is 0 Å². The smallest absolute Gasteiger partial charge is 0.314 e. The molecule has 0 radical (unpaired) electrons. The van der Waals surface area contributed by atoms with E-state index in [0.29, 0.717) is 12.2 Å². The molecule has 1 atom stereocenters. The molecular weight excluding hydrogens is 246 g/mol. The van der Waals surface area contributed by atoms with E-state index < -0.39 is 4.92 Å². The first-order valence-electron chi connectivity index (χ1n) is 6.57. The molecule has 1 heterocycles. The molecule has 104 valence electrons. The Morgan fingerprint density at radius 3 is 3.00 bits per heavy atom. The number of nitro benzene ring substituents is 1. The molecule has 0 spiro atoms. The van der Waals surface area contributed by atoms with Gasteiger partial charge in [0.2, 0.25) is 0 Å². The number of nitrogens with two attached hydrogens (primary N) is 1. The molecule has 1 unspecified atom stereocenters. The third-order valence-electron chi connectivity index (χ3n) is 3.31. The first kappa shape index (κ1) is 13.6. The van der Waals surface area contributed by atoms with Crippen molar-refractivity contribution in [2.24, 2.45) is 0 Å². The van der Waals surface area contributed by atoms with Crippen LogP contribution in [0.4, 0.5) is 17.1 Å². The molecule has 6 heteroatoms. The minimum Gasteiger partial charge on any atom is -0.393 e. The lowest BCUT2D eigenvalue weighted by molar-refractivity contribution is -0.383. The molecule has 1 aliphatic rings. The maximum absolute atomic E-state index is 11.0. The third-order valence-corrected chi connectivity index (χ3v) is 3.31. The summed E-state index contributed by atoms with van der Waals surface area (Å²) in [5, 5.41) is 14.0. The number of anilines is 2. The van der Waals surface area contributed by atoms with Crippen molar-refractivity contribution >= 4 is 17.1 Å². The van der Waals surface area contributed by atoms with Gasteiger partial charge in [-0.25, -0.2) is 0 Å². The molecule has 3 N–H and O–H groups in total. The lowest BCUT2D eigenvalue weighted by Crippen LogP contribution is -2.22. The summed E-state index contributed by atoms with van der Waals surface area (Å²) in [6, 6.07) is 4.92. The number of nitro groups is 1. The van der Waals surface area contributed by atoms with Crippen molar-refractivity contribution in [2.45, 2.75) is 31.8 Å². The molecule has 0 saturated carbocycles. The van der Waals surface area contributed by atoms with Crippen molar-refractivity contribution < 1.29 is 9.66 Å². The quantitative estimate of drug-likeness (QED) is 0.485. The second-order valence-electron chi connectivity index (χ2n) is 4.70. The van der Waals surface area contributed by atoms with Gasteiger partial charge in [0.05, 0.1) is 11.0 Å². The van der Waals surface area contributed by atoms with Gasteiger partial charge in [-0.15, -0.1) is 0 Å². The Bertz CT molecular complexity index is 445. The third kappa shape index (κ3) is 3.57. The summed E-state index contributed by atoms with van der Waals surface area (Å²) in [5.74, 6) is 0. The van der Waals surface area contributed by atoms with Crippen LogP contribution < -0.4 is 11.1 Å². The second kappa shape index (κ2) is 6.38. The molecule has 0 aliphatic carbocycles. The van der Waals surface area contributed by atoms with E-state index >= 15 is 0 Å². The number of nitrogen functional groups attached to an aromatic ring is 1. The zero-order chi connectivity index (χ0) is 13.7. The average Bonchev–Trinajstić information content (AvgIpc) is 2.39. The first-order valence-corrected chi connectivity index (χ1v) is 6.57. The van der Waals surface area contributed by atoms with Gasteiger partial charge in [0.1, 0.15) is 11.4 Å². The molecule has 1 fully saturated rings. The fourth-order valence-corrected chi connectivity index (χ4v) is 2.31. The summed E-state index contributed by atoms with van der Waals surface area (Å²) < 4.78 is 5.62. The van der Waals surface area contributed by atoms with E-state index in [1.165, 1.54) is 12.5 Å². The Kier molecular flexibility index (Phi) is 4.57. The number of benzene rings is 1. The molecule has 6 nitrogen and oxygen atoms in total. The fourth-order valence-electron chi connectivity index (χ4n) is 2.31. The van der Waals surface area contributed by atoms with Gasteiger partial charge in [-0.1, -0.05) is 6.07 Å². The number of ether oxygens (including phenoxy) is 1. The van der Waals surface area contributed by atoms with E-state index in [1.807, 2.05) is 0 Å². The van der Waals surface area contributed by atoms with Gasteiger partial charge in [0.25, 0.3) is 0 Å².